The number of benzene rings is 2. The molecule has 1 N–H and O–H groups in total. The first-order chi connectivity index (χ1) is 12.3. The fourth-order valence-electron chi connectivity index (χ4n) is 1.89. The fraction of sp³-hybridized carbons (Fsp3) is 0.200. The lowest BCUT2D eigenvalue weighted by atomic mass is 10.2. The lowest BCUT2D eigenvalue weighted by Crippen LogP contribution is -2.24. The molecule has 0 aliphatic rings. The number of nitrogens with one attached hydrogen (secondary N) is 1. The number of carbonyl (C=O) groups is 1. The van der Waals surface area contributed by atoms with Crippen molar-refractivity contribution in [1.82, 2.24) is 5.32 Å². The minimum absolute atomic E-state index is 0.202. The van der Waals surface area contributed by atoms with E-state index in [1.54, 1.807) is 12.1 Å². The normalized spacial score (nSPS) is 9.24. The summed E-state index contributed by atoms with van der Waals surface area (Å²) in [4.78, 5) is 11.6. The summed E-state index contributed by atoms with van der Waals surface area (Å²) in [6, 6.07) is 18.7. The van der Waals surface area contributed by atoms with Crippen LogP contribution in [0.3, 0.4) is 0 Å². The van der Waals surface area contributed by atoms with Crippen LogP contribution >= 0.6 is 0 Å². The second kappa shape index (κ2) is 10.4. The van der Waals surface area contributed by atoms with Gasteiger partial charge in [-0.3, -0.25) is 0 Å². The second-order valence-electron chi connectivity index (χ2n) is 5.00. The zero-order chi connectivity index (χ0) is 17.7. The molecule has 126 valence electrons. The van der Waals surface area contributed by atoms with Crippen LogP contribution in [-0.4, -0.2) is 19.2 Å². The highest BCUT2D eigenvalue weighted by Gasteiger charge is 2.00. The van der Waals surface area contributed by atoms with E-state index in [9.17, 15) is 4.79 Å². The molecule has 2 aromatic carbocycles. The van der Waals surface area contributed by atoms with Crippen molar-refractivity contribution in [2.24, 2.45) is 0 Å². The standard InChI is InChI=1S/C20H18N2O3/c21-13-5-15-24-19-11-9-17(10-12-19)8-4-14-22-20(23)25-16-18-6-2-1-3-7-18/h1-3,6-7,9-12H,5,14-16H2,(H,22,23). The molecule has 5 heteroatoms. The summed E-state index contributed by atoms with van der Waals surface area (Å²) in [5.41, 5.74) is 1.74. The van der Waals surface area contributed by atoms with E-state index in [0.717, 1.165) is 11.1 Å². The summed E-state index contributed by atoms with van der Waals surface area (Å²) in [6.45, 7) is 0.804. The maximum absolute atomic E-state index is 11.6. The molecule has 0 unspecified atom stereocenters. The quantitative estimate of drug-likeness (QED) is 0.650. The van der Waals surface area contributed by atoms with Gasteiger partial charge in [0, 0.05) is 5.56 Å². The number of hydrogen-bond acceptors (Lipinski definition) is 4. The number of nitriles is 1. The predicted octanol–water partition coefficient (Wildman–Crippen LogP) is 3.26. The SMILES string of the molecule is N#CCCOc1ccc(C#CCNC(=O)OCc2ccccc2)cc1. The van der Waals surface area contributed by atoms with E-state index >= 15 is 0 Å². The Hall–Kier alpha value is -3.44. The summed E-state index contributed by atoms with van der Waals surface area (Å²) in [5.74, 6) is 6.49. The molecule has 0 radical (unpaired) electrons. The third-order valence-electron chi connectivity index (χ3n) is 3.10. The van der Waals surface area contributed by atoms with Crippen molar-refractivity contribution in [1.29, 1.82) is 5.26 Å². The Morgan fingerprint density at radius 1 is 1.08 bits per heavy atom. The predicted molar refractivity (Wildman–Crippen MR) is 93.7 cm³/mol. The number of rotatable bonds is 6. The Labute approximate surface area is 147 Å². The van der Waals surface area contributed by atoms with Gasteiger partial charge >= 0.3 is 6.09 Å². The van der Waals surface area contributed by atoms with Gasteiger partial charge in [-0.1, -0.05) is 42.2 Å². The highest BCUT2D eigenvalue weighted by atomic mass is 16.5. The lowest BCUT2D eigenvalue weighted by molar-refractivity contribution is 0.141. The van der Waals surface area contributed by atoms with Crippen LogP contribution in [0.1, 0.15) is 17.5 Å². The molecule has 1 amide bonds. The van der Waals surface area contributed by atoms with Crippen molar-refractivity contribution in [3.63, 3.8) is 0 Å². The van der Waals surface area contributed by atoms with Gasteiger partial charge in [-0.15, -0.1) is 0 Å². The van der Waals surface area contributed by atoms with E-state index in [1.807, 2.05) is 48.5 Å². The summed E-state index contributed by atoms with van der Waals surface area (Å²) < 4.78 is 10.5. The van der Waals surface area contributed by atoms with Gasteiger partial charge in [0.1, 0.15) is 19.0 Å². The maximum Gasteiger partial charge on any atom is 0.408 e. The van der Waals surface area contributed by atoms with E-state index < -0.39 is 6.09 Å². The van der Waals surface area contributed by atoms with E-state index in [1.165, 1.54) is 0 Å². The van der Waals surface area contributed by atoms with E-state index in [0.29, 0.717) is 18.8 Å². The Morgan fingerprint density at radius 3 is 2.56 bits per heavy atom. The number of nitrogens with zero attached hydrogens (tertiary/aromatic N) is 1. The number of amides is 1. The summed E-state index contributed by atoms with van der Waals surface area (Å²) in [6.07, 6.45) is -0.146. The molecule has 2 rings (SSSR count). The van der Waals surface area contributed by atoms with Gasteiger partial charge in [0.05, 0.1) is 19.0 Å². The van der Waals surface area contributed by atoms with Gasteiger partial charge in [0.25, 0.3) is 0 Å². The number of alkyl carbamates (subject to hydrolysis) is 1. The minimum atomic E-state index is -0.501. The molecule has 0 saturated heterocycles. The molecule has 0 aromatic heterocycles. The van der Waals surface area contributed by atoms with Gasteiger partial charge in [-0.05, 0) is 29.8 Å². The van der Waals surface area contributed by atoms with Crippen molar-refractivity contribution in [3.05, 3.63) is 65.7 Å². The zero-order valence-electron chi connectivity index (χ0n) is 13.7. The highest BCUT2D eigenvalue weighted by Crippen LogP contribution is 2.11. The second-order valence-corrected chi connectivity index (χ2v) is 5.00. The fourth-order valence-corrected chi connectivity index (χ4v) is 1.89. The maximum atomic E-state index is 11.6. The van der Waals surface area contributed by atoms with Gasteiger partial charge in [-0.25, -0.2) is 4.79 Å². The molecule has 0 aliphatic heterocycles. The van der Waals surface area contributed by atoms with Crippen LogP contribution in [0.2, 0.25) is 0 Å². The molecule has 0 saturated carbocycles. The summed E-state index contributed by atoms with van der Waals surface area (Å²) in [7, 11) is 0. The van der Waals surface area contributed by atoms with Crippen molar-refractivity contribution in [3.8, 4) is 23.7 Å². The van der Waals surface area contributed by atoms with Crippen LogP contribution in [-0.2, 0) is 11.3 Å². The van der Waals surface area contributed by atoms with Crippen LogP contribution in [0.25, 0.3) is 0 Å². The van der Waals surface area contributed by atoms with Crippen molar-refractivity contribution >= 4 is 6.09 Å². The average Bonchev–Trinajstić information content (AvgIpc) is 2.66. The third-order valence-corrected chi connectivity index (χ3v) is 3.10. The number of ether oxygens (including phenoxy) is 2. The monoisotopic (exact) mass is 334 g/mol. The zero-order valence-corrected chi connectivity index (χ0v) is 13.7. The first kappa shape index (κ1) is 17.9. The van der Waals surface area contributed by atoms with Gasteiger partial charge < -0.3 is 14.8 Å². The van der Waals surface area contributed by atoms with E-state index in [2.05, 4.69) is 17.2 Å². The Bertz CT molecular complexity index is 769. The molecule has 5 nitrogen and oxygen atoms in total. The molecule has 0 heterocycles. The van der Waals surface area contributed by atoms with Gasteiger partial charge in [0.2, 0.25) is 0 Å². The van der Waals surface area contributed by atoms with Crippen molar-refractivity contribution < 1.29 is 14.3 Å². The minimum Gasteiger partial charge on any atom is -0.493 e. The molecule has 0 aliphatic carbocycles. The molecule has 0 fully saturated rings. The third kappa shape index (κ3) is 7.11. The summed E-state index contributed by atoms with van der Waals surface area (Å²) in [5, 5.41) is 11.0. The molecule has 0 bridgehead atoms. The molecule has 0 spiro atoms. The van der Waals surface area contributed by atoms with Crippen LogP contribution in [0.4, 0.5) is 4.79 Å². The largest absolute Gasteiger partial charge is 0.493 e. The van der Waals surface area contributed by atoms with Crippen molar-refractivity contribution in [2.45, 2.75) is 13.0 Å². The first-order valence-electron chi connectivity index (χ1n) is 7.81. The Kier molecular flexibility index (Phi) is 7.42. The van der Waals surface area contributed by atoms with Crippen LogP contribution in [0, 0.1) is 23.2 Å². The van der Waals surface area contributed by atoms with E-state index in [-0.39, 0.29) is 13.2 Å². The topological polar surface area (TPSA) is 71.3 Å². The lowest BCUT2D eigenvalue weighted by Gasteiger charge is -2.04. The Balaban J connectivity index is 1.69. The van der Waals surface area contributed by atoms with Gasteiger partial charge in [-0.2, -0.15) is 5.26 Å². The van der Waals surface area contributed by atoms with Gasteiger partial charge in [0.15, 0.2) is 0 Å². The van der Waals surface area contributed by atoms with Crippen LogP contribution in [0.5, 0.6) is 5.75 Å². The van der Waals surface area contributed by atoms with Crippen molar-refractivity contribution in [2.75, 3.05) is 13.2 Å². The number of hydrogen-bond donors (Lipinski definition) is 1. The molecule has 2 aromatic rings. The number of carbonyl (C=O) groups excluding carboxylic acids is 1. The molecule has 0 atom stereocenters. The first-order valence-corrected chi connectivity index (χ1v) is 7.81. The highest BCUT2D eigenvalue weighted by molar-refractivity contribution is 5.67. The smallest absolute Gasteiger partial charge is 0.408 e. The average molecular weight is 334 g/mol. The van der Waals surface area contributed by atoms with Crippen LogP contribution < -0.4 is 10.1 Å². The molecular weight excluding hydrogens is 316 g/mol. The molecule has 25 heavy (non-hydrogen) atoms. The Morgan fingerprint density at radius 2 is 1.84 bits per heavy atom. The summed E-state index contributed by atoms with van der Waals surface area (Å²) >= 11 is 0. The van der Waals surface area contributed by atoms with E-state index in [4.69, 9.17) is 14.7 Å². The van der Waals surface area contributed by atoms with Crippen LogP contribution in [0.15, 0.2) is 54.6 Å². The molecular formula is C20H18N2O3.